The van der Waals surface area contributed by atoms with E-state index in [4.69, 9.17) is 54.0 Å². The third-order valence-electron chi connectivity index (χ3n) is 8.93. The highest BCUT2D eigenvalue weighted by molar-refractivity contribution is 9.10. The van der Waals surface area contributed by atoms with Gasteiger partial charge in [0.2, 0.25) is 11.7 Å². The Bertz CT molecular complexity index is 2360. The van der Waals surface area contributed by atoms with Crippen LogP contribution in [0.25, 0.3) is 16.6 Å². The number of nitrogens with zero attached hydrogens (tertiary/aromatic N) is 3. The molecule has 2 heterocycles. The number of fused-ring (bicyclic) bond motifs is 1. The summed E-state index contributed by atoms with van der Waals surface area (Å²) in [6.07, 6.45) is 0.288. The van der Waals surface area contributed by atoms with Crippen molar-refractivity contribution in [1.29, 1.82) is 0 Å². The molecule has 5 aromatic carbocycles. The van der Waals surface area contributed by atoms with Crippen LogP contribution in [0.15, 0.2) is 106 Å². The maximum atomic E-state index is 14.3. The lowest BCUT2D eigenvalue weighted by atomic mass is 9.91. The van der Waals surface area contributed by atoms with Crippen molar-refractivity contribution in [2.24, 2.45) is 0 Å². The second-order valence-electron chi connectivity index (χ2n) is 11.9. The van der Waals surface area contributed by atoms with Gasteiger partial charge < -0.3 is 24.4 Å². The number of carbonyl (C=O) groups excluding carboxylic acids is 1. The number of ether oxygens (including phenoxy) is 3. The highest BCUT2D eigenvalue weighted by Crippen LogP contribution is 2.47. The predicted octanol–water partition coefficient (Wildman–Crippen LogP) is 9.51. The largest absolute Gasteiger partial charge is 0.493 e. The van der Waals surface area contributed by atoms with Gasteiger partial charge in [-0.25, -0.2) is 4.98 Å². The van der Waals surface area contributed by atoms with Crippen LogP contribution in [0.5, 0.6) is 17.2 Å². The van der Waals surface area contributed by atoms with Gasteiger partial charge in [-0.2, -0.15) is 0 Å². The van der Waals surface area contributed by atoms with Gasteiger partial charge in [0, 0.05) is 22.3 Å². The number of rotatable bonds is 10. The number of benzene rings is 5. The van der Waals surface area contributed by atoms with Gasteiger partial charge in [-0.3, -0.25) is 14.2 Å². The van der Waals surface area contributed by atoms with Crippen molar-refractivity contribution in [3.05, 3.63) is 139 Å². The lowest BCUT2D eigenvalue weighted by Gasteiger charge is -2.44. The van der Waals surface area contributed by atoms with Crippen LogP contribution < -0.4 is 30.0 Å². The average molecular weight is 821 g/mol. The Labute approximate surface area is 322 Å². The van der Waals surface area contributed by atoms with Gasteiger partial charge in [0.1, 0.15) is 11.2 Å². The van der Waals surface area contributed by atoms with E-state index in [1.54, 1.807) is 70.1 Å². The van der Waals surface area contributed by atoms with Crippen LogP contribution in [0.2, 0.25) is 10.0 Å². The Kier molecular flexibility index (Phi) is 10.1. The Morgan fingerprint density at radius 2 is 1.46 bits per heavy atom. The molecule has 7 rings (SSSR count). The summed E-state index contributed by atoms with van der Waals surface area (Å²) in [5, 5.41) is 3.95. The van der Waals surface area contributed by atoms with Crippen LogP contribution >= 0.6 is 50.7 Å². The fraction of sp³-hybridized carbons (Fsp3) is 0.154. The van der Waals surface area contributed by atoms with E-state index in [9.17, 15) is 9.59 Å². The van der Waals surface area contributed by atoms with Crippen molar-refractivity contribution in [3.8, 4) is 22.9 Å². The average Bonchev–Trinajstić information content (AvgIpc) is 3.15. The predicted molar refractivity (Wildman–Crippen MR) is 210 cm³/mol. The fourth-order valence-corrected chi connectivity index (χ4v) is 7.62. The number of methoxy groups -OCH3 is 3. The molecule has 0 spiro atoms. The summed E-state index contributed by atoms with van der Waals surface area (Å²) in [7, 11) is 4.59. The maximum absolute atomic E-state index is 14.3. The highest BCUT2D eigenvalue weighted by atomic mass is 79.9. The van der Waals surface area contributed by atoms with Crippen molar-refractivity contribution in [2.75, 3.05) is 31.5 Å². The van der Waals surface area contributed by atoms with E-state index < -0.39 is 11.4 Å². The molecule has 2 atom stereocenters. The Morgan fingerprint density at radius 1 is 0.808 bits per heavy atom. The number of alkyl halides is 1. The first kappa shape index (κ1) is 35.7. The quantitative estimate of drug-likeness (QED) is 0.109. The number of para-hydroxylation sites is 2. The van der Waals surface area contributed by atoms with Gasteiger partial charge in [0.25, 0.3) is 5.56 Å². The van der Waals surface area contributed by atoms with E-state index in [0.29, 0.717) is 66.6 Å². The Morgan fingerprint density at radius 3 is 2.12 bits per heavy atom. The Balaban J connectivity index is 1.28. The Hall–Kier alpha value is -4.74. The highest BCUT2D eigenvalue weighted by Gasteiger charge is 2.48. The standard InChI is InChI=1S/C39H30BrCl3N4O5/c1-50-31-17-22(18-32(51-2)37(31)52-3)36-34(43)39(49)47(36)25-14-12-24(13-15-25)46-33(44-30-16-11-23(40)20-26(30)38(46)48)19-21-7-4-5-10-29(21)45-35-27(41)8-6-9-28(35)42/h4-18,20,34,36,45H,19H2,1-3H3. The molecule has 6 aromatic rings. The number of hydrogen-bond donors (Lipinski definition) is 1. The molecule has 0 saturated carbocycles. The van der Waals surface area contributed by atoms with Crippen LogP contribution in [-0.2, 0) is 11.2 Å². The SMILES string of the molecule is COc1cc(C2C(Cl)C(=O)N2c2ccc(-n3c(Cc4ccccc4Nc4c(Cl)cccc4Cl)nc4ccc(Br)cc4c3=O)cc2)cc(OC)c1OC. The molecular formula is C39H30BrCl3N4O5. The normalized spacial score (nSPS) is 15.4. The number of nitrogens with one attached hydrogen (secondary N) is 1. The minimum atomic E-state index is -0.811. The number of anilines is 3. The monoisotopic (exact) mass is 818 g/mol. The minimum absolute atomic E-state index is 0.246. The molecule has 0 aliphatic carbocycles. The fourth-order valence-electron chi connectivity index (χ4n) is 6.40. The number of aromatic nitrogens is 2. The summed E-state index contributed by atoms with van der Waals surface area (Å²) in [6, 6.07) is 28.6. The number of carbonyl (C=O) groups is 1. The first-order valence-corrected chi connectivity index (χ1v) is 18.0. The molecule has 1 aliphatic heterocycles. The lowest BCUT2D eigenvalue weighted by Crippen LogP contribution is -2.56. The topological polar surface area (TPSA) is 94.9 Å². The molecule has 0 radical (unpaired) electrons. The van der Waals surface area contributed by atoms with Gasteiger partial charge in [0.05, 0.1) is 59.7 Å². The smallest absolute Gasteiger partial charge is 0.266 e. The zero-order chi connectivity index (χ0) is 36.7. The molecule has 1 aliphatic rings. The van der Waals surface area contributed by atoms with Gasteiger partial charge in [0.15, 0.2) is 11.5 Å². The summed E-state index contributed by atoms with van der Waals surface area (Å²) in [4.78, 5) is 34.1. The third-order valence-corrected chi connectivity index (χ3v) is 10.5. The van der Waals surface area contributed by atoms with Crippen LogP contribution in [0, 0.1) is 0 Å². The zero-order valence-electron chi connectivity index (χ0n) is 28.0. The first-order valence-electron chi connectivity index (χ1n) is 16.0. The molecule has 0 bridgehead atoms. The number of β-lactam (4-membered cyclic amide) rings is 1. The summed E-state index contributed by atoms with van der Waals surface area (Å²) in [5.41, 5.74) is 4.39. The molecule has 9 nitrogen and oxygen atoms in total. The summed E-state index contributed by atoms with van der Waals surface area (Å²) < 4.78 is 18.9. The van der Waals surface area contributed by atoms with E-state index in [2.05, 4.69) is 21.2 Å². The molecule has 1 aromatic heterocycles. The zero-order valence-corrected chi connectivity index (χ0v) is 31.8. The van der Waals surface area contributed by atoms with Gasteiger partial charge in [-0.1, -0.05) is 63.4 Å². The molecule has 1 amide bonds. The number of halogens is 4. The lowest BCUT2D eigenvalue weighted by molar-refractivity contribution is -0.123. The van der Waals surface area contributed by atoms with Crippen LogP contribution in [0.1, 0.15) is 23.0 Å². The molecule has 52 heavy (non-hydrogen) atoms. The van der Waals surface area contributed by atoms with E-state index in [-0.39, 0.29) is 17.9 Å². The van der Waals surface area contributed by atoms with E-state index in [1.807, 2.05) is 36.4 Å². The van der Waals surface area contributed by atoms with Crippen LogP contribution in [-0.4, -0.2) is 42.2 Å². The van der Waals surface area contributed by atoms with Gasteiger partial charge in [-0.15, -0.1) is 11.6 Å². The van der Waals surface area contributed by atoms with E-state index in [0.717, 1.165) is 15.7 Å². The summed E-state index contributed by atoms with van der Waals surface area (Å²) >= 11 is 23.1. The molecule has 1 fully saturated rings. The molecule has 2 unspecified atom stereocenters. The number of amides is 1. The van der Waals surface area contributed by atoms with Crippen molar-refractivity contribution in [3.63, 3.8) is 0 Å². The van der Waals surface area contributed by atoms with Gasteiger partial charge >= 0.3 is 0 Å². The molecule has 13 heteroatoms. The minimum Gasteiger partial charge on any atom is -0.493 e. The van der Waals surface area contributed by atoms with Crippen LogP contribution in [0.4, 0.5) is 17.1 Å². The third kappa shape index (κ3) is 6.45. The van der Waals surface area contributed by atoms with E-state index in [1.165, 1.54) is 21.3 Å². The van der Waals surface area contributed by atoms with Gasteiger partial charge in [-0.05, 0) is 83.9 Å². The summed E-state index contributed by atoms with van der Waals surface area (Å²) in [6.45, 7) is 0. The second-order valence-corrected chi connectivity index (χ2v) is 14.1. The maximum Gasteiger partial charge on any atom is 0.266 e. The van der Waals surface area contributed by atoms with Crippen molar-refractivity contribution < 1.29 is 19.0 Å². The second kappa shape index (κ2) is 14.7. The molecule has 1 saturated heterocycles. The summed E-state index contributed by atoms with van der Waals surface area (Å²) in [5.74, 6) is 1.58. The molecule has 264 valence electrons. The van der Waals surface area contributed by atoms with Crippen LogP contribution in [0.3, 0.4) is 0 Å². The number of hydrogen-bond acceptors (Lipinski definition) is 7. The molecular weight excluding hydrogens is 791 g/mol. The van der Waals surface area contributed by atoms with Crippen molar-refractivity contribution >= 4 is 84.6 Å². The first-order chi connectivity index (χ1) is 25.1. The molecule has 1 N–H and O–H groups in total. The van der Waals surface area contributed by atoms with Crippen molar-refractivity contribution in [1.82, 2.24) is 9.55 Å². The van der Waals surface area contributed by atoms with E-state index >= 15 is 0 Å². The van der Waals surface area contributed by atoms with Crippen molar-refractivity contribution in [2.45, 2.75) is 17.8 Å².